The highest BCUT2D eigenvalue weighted by Gasteiger charge is 2.41. The quantitative estimate of drug-likeness (QED) is 0.457. The molecule has 1 fully saturated rings. The molecule has 1 unspecified atom stereocenters. The zero-order valence-corrected chi connectivity index (χ0v) is 23.8. The van der Waals surface area contributed by atoms with Gasteiger partial charge < -0.3 is 25.2 Å². The average Bonchev–Trinajstić information content (AvgIpc) is 2.97. The van der Waals surface area contributed by atoms with Crippen LogP contribution in [0.1, 0.15) is 25.8 Å². The average molecular weight is 587 g/mol. The van der Waals surface area contributed by atoms with Gasteiger partial charge in [-0.2, -0.15) is 0 Å². The van der Waals surface area contributed by atoms with Crippen molar-refractivity contribution in [2.45, 2.75) is 33.2 Å². The largest absolute Gasteiger partial charge is 0.379 e. The van der Waals surface area contributed by atoms with Crippen molar-refractivity contribution in [2.24, 2.45) is 5.92 Å². The normalized spacial score (nSPS) is 18.4. The van der Waals surface area contributed by atoms with Gasteiger partial charge in [-0.05, 0) is 55.2 Å². The molecule has 2 N–H and O–H groups in total. The molecule has 0 aromatic heterocycles. The summed E-state index contributed by atoms with van der Waals surface area (Å²) in [4.78, 5) is 46.5. The molecule has 9 nitrogen and oxygen atoms in total. The van der Waals surface area contributed by atoms with Gasteiger partial charge in [0.05, 0.1) is 24.6 Å². The van der Waals surface area contributed by atoms with E-state index in [1.54, 1.807) is 15.9 Å². The van der Waals surface area contributed by atoms with Gasteiger partial charge in [0, 0.05) is 42.9 Å². The predicted octanol–water partition coefficient (Wildman–Crippen LogP) is 4.01. The predicted molar refractivity (Wildman–Crippen MR) is 153 cm³/mol. The van der Waals surface area contributed by atoms with Crippen LogP contribution in [0, 0.1) is 12.8 Å². The Bertz CT molecular complexity index is 1170. The van der Waals surface area contributed by atoms with E-state index in [0.717, 1.165) is 29.5 Å². The Labute approximate surface area is 232 Å². The molecule has 38 heavy (non-hydrogen) atoms. The second-order valence-corrected chi connectivity index (χ2v) is 11.0. The fourth-order valence-electron chi connectivity index (χ4n) is 4.67. The van der Waals surface area contributed by atoms with Crippen molar-refractivity contribution < 1.29 is 19.1 Å². The third kappa shape index (κ3) is 6.73. The number of carbonyl (C=O) groups is 3. The van der Waals surface area contributed by atoms with Gasteiger partial charge in [0.15, 0.2) is 6.04 Å². The molecule has 2 aromatic rings. The lowest BCUT2D eigenvalue weighted by Crippen LogP contribution is -2.57. The molecule has 0 radical (unpaired) electrons. The van der Waals surface area contributed by atoms with Gasteiger partial charge in [-0.15, -0.1) is 0 Å². The molecule has 2 aliphatic heterocycles. The Morgan fingerprint density at radius 3 is 2.24 bits per heavy atom. The van der Waals surface area contributed by atoms with Crippen LogP contribution in [0.3, 0.4) is 0 Å². The van der Waals surface area contributed by atoms with Crippen LogP contribution in [-0.4, -0.2) is 74.7 Å². The summed E-state index contributed by atoms with van der Waals surface area (Å²) in [6, 6.07) is 11.0. The van der Waals surface area contributed by atoms with Gasteiger partial charge in [-0.25, -0.2) is 4.79 Å². The summed E-state index contributed by atoms with van der Waals surface area (Å²) >= 11 is 3.42. The van der Waals surface area contributed by atoms with E-state index >= 15 is 0 Å². The minimum atomic E-state index is -1.35. The highest BCUT2D eigenvalue weighted by Crippen LogP contribution is 2.34. The van der Waals surface area contributed by atoms with Crippen molar-refractivity contribution >= 4 is 50.8 Å². The molecule has 204 valence electrons. The third-order valence-corrected chi connectivity index (χ3v) is 7.37. The summed E-state index contributed by atoms with van der Waals surface area (Å²) < 4.78 is 6.35. The van der Waals surface area contributed by atoms with Crippen LogP contribution in [0.2, 0.25) is 0 Å². The molecule has 0 aliphatic carbocycles. The topological polar surface area (TPSA) is 94.2 Å². The molecule has 2 heterocycles. The van der Waals surface area contributed by atoms with Crippen molar-refractivity contribution in [2.75, 3.05) is 61.1 Å². The number of urea groups is 1. The number of nitrogens with zero attached hydrogens (tertiary/aromatic N) is 3. The number of carbonyl (C=O) groups excluding carboxylic acids is 3. The first-order chi connectivity index (χ1) is 18.2. The molecular formula is C28H36BrN5O4. The summed E-state index contributed by atoms with van der Waals surface area (Å²) in [5.74, 6) is -0.508. The van der Waals surface area contributed by atoms with Crippen LogP contribution in [-0.2, 0) is 14.3 Å². The summed E-state index contributed by atoms with van der Waals surface area (Å²) in [7, 11) is 0. The second-order valence-electron chi connectivity index (χ2n) is 10.1. The second kappa shape index (κ2) is 12.7. The first-order valence-electron chi connectivity index (χ1n) is 13.1. The van der Waals surface area contributed by atoms with Crippen LogP contribution in [0.5, 0.6) is 0 Å². The number of rotatable bonds is 8. The number of benzene rings is 2. The van der Waals surface area contributed by atoms with Crippen LogP contribution >= 0.6 is 15.9 Å². The molecule has 1 atom stereocenters. The van der Waals surface area contributed by atoms with Crippen molar-refractivity contribution in [1.29, 1.82) is 0 Å². The zero-order chi connectivity index (χ0) is 27.2. The minimum Gasteiger partial charge on any atom is -0.379 e. The van der Waals surface area contributed by atoms with E-state index in [1.165, 1.54) is 0 Å². The smallest absolute Gasteiger partial charge is 0.320 e. The van der Waals surface area contributed by atoms with Crippen molar-refractivity contribution in [1.82, 2.24) is 10.2 Å². The number of nitrogens with one attached hydrogen (secondary N) is 2. The number of halogens is 1. The number of hydrogen-bond donors (Lipinski definition) is 2. The molecule has 0 saturated carbocycles. The Kier molecular flexibility index (Phi) is 9.40. The van der Waals surface area contributed by atoms with Crippen LogP contribution in [0.25, 0.3) is 0 Å². The number of anilines is 3. The number of aryl methyl sites for hydroxylation is 1. The van der Waals surface area contributed by atoms with Gasteiger partial charge in [-0.1, -0.05) is 41.9 Å². The van der Waals surface area contributed by atoms with Crippen LogP contribution < -0.4 is 20.4 Å². The highest BCUT2D eigenvalue weighted by atomic mass is 79.9. The van der Waals surface area contributed by atoms with Gasteiger partial charge in [-0.3, -0.25) is 14.5 Å². The van der Waals surface area contributed by atoms with Crippen molar-refractivity contribution in [3.8, 4) is 0 Å². The first-order valence-corrected chi connectivity index (χ1v) is 13.9. The Balaban J connectivity index is 1.62. The molecule has 10 heteroatoms. The maximum atomic E-state index is 14.0. The van der Waals surface area contributed by atoms with Crippen LogP contribution in [0.15, 0.2) is 46.9 Å². The number of morpholine rings is 1. The molecule has 2 aliphatic rings. The molecular weight excluding hydrogens is 550 g/mol. The van der Waals surface area contributed by atoms with E-state index in [1.807, 2.05) is 43.3 Å². The zero-order valence-electron chi connectivity index (χ0n) is 22.2. The lowest BCUT2D eigenvalue weighted by Gasteiger charge is -2.31. The van der Waals surface area contributed by atoms with E-state index in [-0.39, 0.29) is 0 Å². The van der Waals surface area contributed by atoms with E-state index in [4.69, 9.17) is 4.74 Å². The van der Waals surface area contributed by atoms with Gasteiger partial charge >= 0.3 is 6.03 Å². The number of amides is 4. The van der Waals surface area contributed by atoms with E-state index in [2.05, 4.69) is 45.3 Å². The summed E-state index contributed by atoms with van der Waals surface area (Å²) in [5, 5.41) is 5.49. The molecule has 1 saturated heterocycles. The lowest BCUT2D eigenvalue weighted by molar-refractivity contribution is -0.129. The Morgan fingerprint density at radius 1 is 1.00 bits per heavy atom. The highest BCUT2D eigenvalue weighted by molar-refractivity contribution is 9.10. The maximum absolute atomic E-state index is 14.0. The number of para-hydroxylation sites is 2. The number of ether oxygens (including phenoxy) is 1. The van der Waals surface area contributed by atoms with E-state index < -0.39 is 23.9 Å². The Hall–Kier alpha value is -2.95. The van der Waals surface area contributed by atoms with Gasteiger partial charge in [0.25, 0.3) is 11.8 Å². The third-order valence-electron chi connectivity index (χ3n) is 6.87. The van der Waals surface area contributed by atoms with Gasteiger partial charge in [0.1, 0.15) is 0 Å². The fourth-order valence-corrected chi connectivity index (χ4v) is 5.15. The molecule has 4 rings (SSSR count). The fraction of sp³-hybridized carbons (Fsp3) is 0.464. The lowest BCUT2D eigenvalue weighted by atomic mass is 10.1. The minimum absolute atomic E-state index is 0.362. The van der Waals surface area contributed by atoms with Crippen LogP contribution in [0.4, 0.5) is 21.9 Å². The number of hydrogen-bond acceptors (Lipinski definition) is 5. The standard InChI is InChI=1S/C28H36BrN5O4/c1-19(2)10-11-33-23-6-4-5-7-24(23)34(13-12-32-14-16-38-17-15-32)27(36)25(26(33)35)31-28(37)30-22-9-8-21(29)18-20(22)3/h4-9,18-19,25H,10-17H2,1-3H3,(H2,30,31,37). The number of fused-ring (bicyclic) bond motifs is 1. The van der Waals surface area contributed by atoms with Crippen molar-refractivity contribution in [3.05, 3.63) is 52.5 Å². The summed E-state index contributed by atoms with van der Waals surface area (Å²) in [5.41, 5.74) is 2.81. The molecule has 0 bridgehead atoms. The summed E-state index contributed by atoms with van der Waals surface area (Å²) in [6.45, 7) is 10.4. The molecule has 4 amide bonds. The molecule has 0 spiro atoms. The monoisotopic (exact) mass is 585 g/mol. The first kappa shape index (κ1) is 28.1. The SMILES string of the molecule is Cc1cc(Br)ccc1NC(=O)NC1C(=O)N(CCC(C)C)c2ccccc2N(CCN2CCOCC2)C1=O. The maximum Gasteiger partial charge on any atom is 0.320 e. The summed E-state index contributed by atoms with van der Waals surface area (Å²) in [6.07, 6.45) is 0.763. The van der Waals surface area contributed by atoms with Gasteiger partial charge in [0.2, 0.25) is 0 Å². The Morgan fingerprint density at radius 2 is 1.63 bits per heavy atom. The molecule has 2 aromatic carbocycles. The van der Waals surface area contributed by atoms with E-state index in [0.29, 0.717) is 55.8 Å². The van der Waals surface area contributed by atoms with Crippen molar-refractivity contribution in [3.63, 3.8) is 0 Å². The van der Waals surface area contributed by atoms with E-state index in [9.17, 15) is 14.4 Å².